The molecule has 7 nitrogen and oxygen atoms in total. The van der Waals surface area contributed by atoms with Gasteiger partial charge in [-0.2, -0.15) is 0 Å². The van der Waals surface area contributed by atoms with Gasteiger partial charge in [-0.25, -0.2) is 9.89 Å². The lowest BCUT2D eigenvalue weighted by atomic mass is 10.0. The lowest BCUT2D eigenvalue weighted by Crippen LogP contribution is -1.99. The van der Waals surface area contributed by atoms with Crippen LogP contribution in [0.15, 0.2) is 73.1 Å². The fraction of sp³-hybridized carbons (Fsp3) is 0. The van der Waals surface area contributed by atoms with Gasteiger partial charge in [0.25, 0.3) is 5.88 Å². The Morgan fingerprint density at radius 1 is 0.889 bits per heavy atom. The van der Waals surface area contributed by atoms with Crippen molar-refractivity contribution < 1.29 is 14.6 Å². The number of nitrogens with zero attached hydrogens (tertiary/aromatic N) is 3. The number of aromatic nitrogens is 4. The van der Waals surface area contributed by atoms with Crippen LogP contribution in [0.1, 0.15) is 10.5 Å². The van der Waals surface area contributed by atoms with E-state index in [0.717, 1.165) is 22.3 Å². The number of H-pyrrole nitrogens is 1. The van der Waals surface area contributed by atoms with E-state index >= 15 is 0 Å². The number of hydrogen-bond donors (Lipinski definition) is 2. The molecule has 0 aliphatic rings. The van der Waals surface area contributed by atoms with Crippen molar-refractivity contribution in [3.63, 3.8) is 0 Å². The Hall–Kier alpha value is -4.00. The minimum atomic E-state index is -1.20. The van der Waals surface area contributed by atoms with Crippen LogP contribution in [0.2, 0.25) is 0 Å². The van der Waals surface area contributed by atoms with E-state index in [1.54, 1.807) is 18.3 Å². The summed E-state index contributed by atoms with van der Waals surface area (Å²) in [5, 5.41) is 18.4. The van der Waals surface area contributed by atoms with Crippen molar-refractivity contribution in [2.45, 2.75) is 0 Å². The molecule has 0 unspecified atom stereocenters. The number of pyridine rings is 1. The summed E-state index contributed by atoms with van der Waals surface area (Å²) < 4.78 is 5.51. The van der Waals surface area contributed by atoms with Crippen LogP contribution >= 0.6 is 0 Å². The zero-order valence-corrected chi connectivity index (χ0v) is 14.0. The molecule has 4 rings (SSSR count). The lowest BCUT2D eigenvalue weighted by Gasteiger charge is -2.07. The molecular formula is C20H14N4O3. The number of aromatic carboxylic acids is 1. The first-order valence-corrected chi connectivity index (χ1v) is 8.14. The van der Waals surface area contributed by atoms with E-state index in [9.17, 15) is 4.79 Å². The molecule has 0 amide bonds. The second kappa shape index (κ2) is 7.09. The topological polar surface area (TPSA) is 101 Å². The predicted octanol–water partition coefficient (Wildman–Crippen LogP) is 4.02. The Bertz CT molecular complexity index is 1060. The molecule has 132 valence electrons. The first-order valence-electron chi connectivity index (χ1n) is 8.14. The predicted molar refractivity (Wildman–Crippen MR) is 98.5 cm³/mol. The van der Waals surface area contributed by atoms with Gasteiger partial charge in [-0.15, -0.1) is 5.10 Å². The summed E-state index contributed by atoms with van der Waals surface area (Å²) in [7, 11) is 0. The summed E-state index contributed by atoms with van der Waals surface area (Å²) >= 11 is 0. The van der Waals surface area contributed by atoms with Crippen molar-refractivity contribution in [3.8, 4) is 33.9 Å². The molecule has 2 N–H and O–H groups in total. The second-order valence-electron chi connectivity index (χ2n) is 5.74. The zero-order chi connectivity index (χ0) is 18.6. The number of hydrogen-bond acceptors (Lipinski definition) is 5. The molecule has 7 heteroatoms. The largest absolute Gasteiger partial charge is 0.476 e. The number of nitrogens with one attached hydrogen (secondary N) is 1. The smallest absolute Gasteiger partial charge is 0.362 e. The Labute approximate surface area is 154 Å². The van der Waals surface area contributed by atoms with Gasteiger partial charge in [0.05, 0.1) is 0 Å². The van der Waals surface area contributed by atoms with Crippen molar-refractivity contribution in [2.24, 2.45) is 0 Å². The Balaban J connectivity index is 1.52. The van der Waals surface area contributed by atoms with Crippen LogP contribution in [0.4, 0.5) is 0 Å². The molecule has 0 atom stereocenters. The van der Waals surface area contributed by atoms with Gasteiger partial charge >= 0.3 is 5.97 Å². The number of carboxylic acids is 1. The maximum Gasteiger partial charge on any atom is 0.362 e. The van der Waals surface area contributed by atoms with Gasteiger partial charge in [0.1, 0.15) is 5.75 Å². The minimum absolute atomic E-state index is 0.00364. The SMILES string of the molecule is O=C(O)c1nn[nH]c1Oc1ccc(-c2ccc(-c3cccnc3)cc2)cc1. The van der Waals surface area contributed by atoms with Crippen LogP contribution in [0.5, 0.6) is 11.6 Å². The quantitative estimate of drug-likeness (QED) is 0.559. The number of carboxylic acid groups (broad SMARTS) is 1. The molecule has 2 heterocycles. The van der Waals surface area contributed by atoms with Crippen LogP contribution in [-0.4, -0.2) is 31.5 Å². The van der Waals surface area contributed by atoms with Gasteiger partial charge in [0, 0.05) is 12.4 Å². The highest BCUT2D eigenvalue weighted by Crippen LogP contribution is 2.28. The summed E-state index contributed by atoms with van der Waals surface area (Å²) in [4.78, 5) is 15.2. The van der Waals surface area contributed by atoms with E-state index < -0.39 is 5.97 Å². The number of benzene rings is 2. The van der Waals surface area contributed by atoms with E-state index in [1.165, 1.54) is 0 Å². The number of aromatic amines is 1. The summed E-state index contributed by atoms with van der Waals surface area (Å²) in [6.45, 7) is 0. The van der Waals surface area contributed by atoms with Crippen molar-refractivity contribution >= 4 is 5.97 Å². The summed E-state index contributed by atoms with van der Waals surface area (Å²) in [6, 6.07) is 19.4. The highest BCUT2D eigenvalue weighted by molar-refractivity contribution is 5.87. The maximum absolute atomic E-state index is 11.0. The van der Waals surface area contributed by atoms with Gasteiger partial charge in [-0.1, -0.05) is 47.7 Å². The molecule has 0 bridgehead atoms. The fourth-order valence-corrected chi connectivity index (χ4v) is 2.65. The van der Waals surface area contributed by atoms with Crippen LogP contribution in [0, 0.1) is 0 Å². The van der Waals surface area contributed by atoms with Gasteiger partial charge in [0.15, 0.2) is 0 Å². The number of carbonyl (C=O) groups is 1. The third-order valence-corrected chi connectivity index (χ3v) is 4.01. The average Bonchev–Trinajstić information content (AvgIpc) is 3.18. The van der Waals surface area contributed by atoms with Crippen LogP contribution in [0.3, 0.4) is 0 Å². The molecule has 0 saturated carbocycles. The zero-order valence-electron chi connectivity index (χ0n) is 14.0. The molecule has 0 spiro atoms. The molecule has 0 aliphatic carbocycles. The van der Waals surface area contributed by atoms with Crippen LogP contribution in [0.25, 0.3) is 22.3 Å². The third-order valence-electron chi connectivity index (χ3n) is 4.01. The van der Waals surface area contributed by atoms with E-state index in [1.807, 2.05) is 54.7 Å². The monoisotopic (exact) mass is 358 g/mol. The van der Waals surface area contributed by atoms with Crippen LogP contribution in [-0.2, 0) is 0 Å². The van der Waals surface area contributed by atoms with E-state index in [-0.39, 0.29) is 11.6 Å². The fourth-order valence-electron chi connectivity index (χ4n) is 2.65. The summed E-state index contributed by atoms with van der Waals surface area (Å²) in [5.74, 6) is -0.723. The van der Waals surface area contributed by atoms with Gasteiger partial charge in [-0.3, -0.25) is 4.98 Å². The molecule has 4 aromatic rings. The van der Waals surface area contributed by atoms with Gasteiger partial charge in [0.2, 0.25) is 5.69 Å². The average molecular weight is 358 g/mol. The number of rotatable bonds is 5. The van der Waals surface area contributed by atoms with Crippen molar-refractivity contribution in [3.05, 3.63) is 78.8 Å². The molecule has 2 aromatic carbocycles. The molecular weight excluding hydrogens is 344 g/mol. The van der Waals surface area contributed by atoms with E-state index in [4.69, 9.17) is 9.84 Å². The van der Waals surface area contributed by atoms with Gasteiger partial charge < -0.3 is 9.84 Å². The van der Waals surface area contributed by atoms with Crippen molar-refractivity contribution in [1.82, 2.24) is 20.4 Å². The first-order chi connectivity index (χ1) is 13.2. The third kappa shape index (κ3) is 3.52. The minimum Gasteiger partial charge on any atom is -0.476 e. The second-order valence-corrected chi connectivity index (χ2v) is 5.74. The Morgan fingerprint density at radius 3 is 2.11 bits per heavy atom. The maximum atomic E-state index is 11.0. The summed E-state index contributed by atoms with van der Waals surface area (Å²) in [6.07, 6.45) is 3.58. The van der Waals surface area contributed by atoms with E-state index in [0.29, 0.717) is 5.75 Å². The molecule has 0 aliphatic heterocycles. The molecule has 2 aromatic heterocycles. The van der Waals surface area contributed by atoms with Gasteiger partial charge in [-0.05, 0) is 40.5 Å². The van der Waals surface area contributed by atoms with Crippen molar-refractivity contribution in [1.29, 1.82) is 0 Å². The molecule has 0 radical (unpaired) electrons. The standard InChI is InChI=1S/C20H14N4O3/c25-20(26)18-19(23-24-22-18)27-17-9-7-14(8-10-17)13-3-5-15(6-4-13)16-2-1-11-21-12-16/h1-12H,(H,25,26)(H,22,23,24). The first kappa shape index (κ1) is 16.5. The highest BCUT2D eigenvalue weighted by Gasteiger charge is 2.16. The molecule has 0 fully saturated rings. The molecule has 0 saturated heterocycles. The van der Waals surface area contributed by atoms with Crippen LogP contribution < -0.4 is 4.74 Å². The van der Waals surface area contributed by atoms with Crippen molar-refractivity contribution in [2.75, 3.05) is 0 Å². The number of ether oxygens (including phenoxy) is 1. The molecule has 27 heavy (non-hydrogen) atoms. The van der Waals surface area contributed by atoms with E-state index in [2.05, 4.69) is 20.4 Å². The highest BCUT2D eigenvalue weighted by atomic mass is 16.5. The Kier molecular flexibility index (Phi) is 4.32. The normalized spacial score (nSPS) is 10.5. The Morgan fingerprint density at radius 2 is 1.52 bits per heavy atom. The summed E-state index contributed by atoms with van der Waals surface area (Å²) in [5.41, 5.74) is 3.98. The lowest BCUT2D eigenvalue weighted by molar-refractivity contribution is 0.0687.